The number of hydrogen-bond donors (Lipinski definition) is 2. The number of likely N-dealkylation sites (tertiary alicyclic amines) is 1. The third kappa shape index (κ3) is 5.66. The number of nitrogens with one attached hydrogen (secondary N) is 2. The van der Waals surface area contributed by atoms with E-state index in [-0.39, 0.29) is 29.9 Å². The zero-order chi connectivity index (χ0) is 21.5. The summed E-state index contributed by atoms with van der Waals surface area (Å²) in [6.07, 6.45) is 7.30. The van der Waals surface area contributed by atoms with Crippen LogP contribution in [0, 0.1) is 5.92 Å². The molecule has 164 valence electrons. The fraction of sp³-hybridized carbons (Fsp3) is 0.462. The average molecular weight is 420 g/mol. The van der Waals surface area contributed by atoms with Crippen molar-refractivity contribution in [2.75, 3.05) is 6.54 Å². The number of hydrogen-bond acceptors (Lipinski definition) is 2. The second kappa shape index (κ2) is 10.5. The first kappa shape index (κ1) is 21.4. The van der Waals surface area contributed by atoms with Crippen LogP contribution in [0.3, 0.4) is 0 Å². The Balaban J connectivity index is 1.43. The molecule has 5 heteroatoms. The van der Waals surface area contributed by atoms with Gasteiger partial charge in [-0.15, -0.1) is 0 Å². The van der Waals surface area contributed by atoms with E-state index >= 15 is 0 Å². The van der Waals surface area contributed by atoms with E-state index in [9.17, 15) is 9.59 Å². The highest BCUT2D eigenvalue weighted by Gasteiger charge is 2.36. The molecule has 5 nitrogen and oxygen atoms in total. The van der Waals surface area contributed by atoms with Gasteiger partial charge in [-0.05, 0) is 36.8 Å². The highest BCUT2D eigenvalue weighted by atomic mass is 16.2. The number of urea groups is 1. The normalized spacial score (nSPS) is 22.0. The topological polar surface area (TPSA) is 61.4 Å². The predicted molar refractivity (Wildman–Crippen MR) is 122 cm³/mol. The lowest BCUT2D eigenvalue weighted by Crippen LogP contribution is -2.52. The van der Waals surface area contributed by atoms with Gasteiger partial charge in [0.05, 0.1) is 12.0 Å². The molecule has 0 spiro atoms. The van der Waals surface area contributed by atoms with Gasteiger partial charge in [-0.1, -0.05) is 79.9 Å². The van der Waals surface area contributed by atoms with Crippen molar-refractivity contribution in [3.05, 3.63) is 71.8 Å². The van der Waals surface area contributed by atoms with Gasteiger partial charge in [0.25, 0.3) is 0 Å². The summed E-state index contributed by atoms with van der Waals surface area (Å²) in [5.41, 5.74) is 2.23. The molecule has 0 bridgehead atoms. The molecule has 1 saturated carbocycles. The minimum Gasteiger partial charge on any atom is -0.352 e. The Hall–Kier alpha value is -2.82. The van der Waals surface area contributed by atoms with E-state index in [1.165, 1.54) is 19.3 Å². The number of amides is 3. The van der Waals surface area contributed by atoms with Crippen molar-refractivity contribution in [3.63, 3.8) is 0 Å². The van der Waals surface area contributed by atoms with Gasteiger partial charge in [-0.2, -0.15) is 0 Å². The largest absolute Gasteiger partial charge is 0.352 e. The van der Waals surface area contributed by atoms with Gasteiger partial charge in [-0.25, -0.2) is 4.79 Å². The standard InChI is InChI=1S/C26H33N3O2/c30-25(27-18-20-10-4-1-5-11-20)22-16-17-24(21-12-6-2-7-13-21)29(19-22)26(31)28-23-14-8-3-9-15-23/h1-2,4-7,10-13,22-24H,3,8-9,14-19H2,(H,27,30)(H,28,31). The van der Waals surface area contributed by atoms with Crippen LogP contribution >= 0.6 is 0 Å². The summed E-state index contributed by atoms with van der Waals surface area (Å²) < 4.78 is 0. The lowest BCUT2D eigenvalue weighted by molar-refractivity contribution is -0.126. The summed E-state index contributed by atoms with van der Waals surface area (Å²) in [7, 11) is 0. The van der Waals surface area contributed by atoms with E-state index in [0.29, 0.717) is 13.1 Å². The molecule has 2 N–H and O–H groups in total. The van der Waals surface area contributed by atoms with Crippen molar-refractivity contribution in [1.29, 1.82) is 0 Å². The highest BCUT2D eigenvalue weighted by molar-refractivity contribution is 5.81. The molecule has 2 aromatic rings. The van der Waals surface area contributed by atoms with Gasteiger partial charge >= 0.3 is 6.03 Å². The van der Waals surface area contributed by atoms with Gasteiger partial charge in [0.1, 0.15) is 0 Å². The van der Waals surface area contributed by atoms with Crippen LogP contribution in [0.1, 0.15) is 62.1 Å². The van der Waals surface area contributed by atoms with Crippen molar-refractivity contribution in [2.24, 2.45) is 5.92 Å². The molecule has 1 aliphatic carbocycles. The number of rotatable bonds is 5. The average Bonchev–Trinajstić information content (AvgIpc) is 2.84. The molecule has 1 aliphatic heterocycles. The van der Waals surface area contributed by atoms with Gasteiger partial charge in [0.15, 0.2) is 0 Å². The molecule has 1 saturated heterocycles. The van der Waals surface area contributed by atoms with Crippen molar-refractivity contribution in [2.45, 2.75) is 63.6 Å². The Bertz CT molecular complexity index is 849. The van der Waals surface area contributed by atoms with Crippen LogP contribution in [-0.4, -0.2) is 29.4 Å². The van der Waals surface area contributed by atoms with Crippen LogP contribution < -0.4 is 10.6 Å². The van der Waals surface area contributed by atoms with Crippen LogP contribution in [0.5, 0.6) is 0 Å². The minimum absolute atomic E-state index is 0.0166. The third-order valence-corrected chi connectivity index (χ3v) is 6.64. The first-order valence-corrected chi connectivity index (χ1v) is 11.6. The molecule has 2 unspecified atom stereocenters. The fourth-order valence-electron chi connectivity index (χ4n) is 4.86. The second-order valence-electron chi connectivity index (χ2n) is 8.84. The number of carbonyl (C=O) groups is 2. The SMILES string of the molecule is O=C(NCc1ccccc1)C1CCC(c2ccccc2)N(C(=O)NC2CCCCC2)C1. The van der Waals surface area contributed by atoms with E-state index < -0.39 is 0 Å². The summed E-state index contributed by atoms with van der Waals surface area (Å²) in [4.78, 5) is 28.1. The smallest absolute Gasteiger partial charge is 0.318 e. The molecular formula is C26H33N3O2. The maximum atomic E-state index is 13.3. The molecule has 3 amide bonds. The molecule has 31 heavy (non-hydrogen) atoms. The lowest BCUT2D eigenvalue weighted by Gasteiger charge is -2.40. The Kier molecular flexibility index (Phi) is 7.23. The van der Waals surface area contributed by atoms with Crippen molar-refractivity contribution >= 4 is 11.9 Å². The molecule has 0 aromatic heterocycles. The predicted octanol–water partition coefficient (Wildman–Crippen LogP) is 4.80. The van der Waals surface area contributed by atoms with Gasteiger partial charge < -0.3 is 15.5 Å². The molecule has 2 fully saturated rings. The summed E-state index contributed by atoms with van der Waals surface area (Å²) in [6, 6.07) is 20.4. The van der Waals surface area contributed by atoms with E-state index in [2.05, 4.69) is 22.8 Å². The Morgan fingerprint density at radius 3 is 2.23 bits per heavy atom. The lowest BCUT2D eigenvalue weighted by atomic mass is 9.88. The van der Waals surface area contributed by atoms with E-state index in [1.807, 2.05) is 53.4 Å². The van der Waals surface area contributed by atoms with Crippen molar-refractivity contribution < 1.29 is 9.59 Å². The van der Waals surface area contributed by atoms with E-state index in [1.54, 1.807) is 0 Å². The zero-order valence-electron chi connectivity index (χ0n) is 18.1. The molecule has 2 aromatic carbocycles. The third-order valence-electron chi connectivity index (χ3n) is 6.64. The maximum absolute atomic E-state index is 13.3. The van der Waals surface area contributed by atoms with E-state index in [0.717, 1.165) is 36.8 Å². The quantitative estimate of drug-likeness (QED) is 0.731. The maximum Gasteiger partial charge on any atom is 0.318 e. The van der Waals surface area contributed by atoms with Crippen LogP contribution in [0.4, 0.5) is 4.79 Å². The molecule has 0 radical (unpaired) electrons. The second-order valence-corrected chi connectivity index (χ2v) is 8.84. The summed E-state index contributed by atoms with van der Waals surface area (Å²) in [5, 5.41) is 6.33. The monoisotopic (exact) mass is 419 g/mol. The fourth-order valence-corrected chi connectivity index (χ4v) is 4.86. The summed E-state index contributed by atoms with van der Waals surface area (Å²) in [6.45, 7) is 0.977. The summed E-state index contributed by atoms with van der Waals surface area (Å²) in [5.74, 6) is -0.147. The summed E-state index contributed by atoms with van der Waals surface area (Å²) >= 11 is 0. The molecule has 1 heterocycles. The Morgan fingerprint density at radius 1 is 0.839 bits per heavy atom. The van der Waals surface area contributed by atoms with Crippen molar-refractivity contribution in [3.8, 4) is 0 Å². The number of carbonyl (C=O) groups excluding carboxylic acids is 2. The number of benzene rings is 2. The molecular weight excluding hydrogens is 386 g/mol. The van der Waals surface area contributed by atoms with E-state index in [4.69, 9.17) is 0 Å². The van der Waals surface area contributed by atoms with Crippen LogP contribution in [0.15, 0.2) is 60.7 Å². The van der Waals surface area contributed by atoms with Crippen molar-refractivity contribution in [1.82, 2.24) is 15.5 Å². The zero-order valence-corrected chi connectivity index (χ0v) is 18.1. The van der Waals surface area contributed by atoms with Crippen LogP contribution in [0.25, 0.3) is 0 Å². The molecule has 4 rings (SSSR count). The van der Waals surface area contributed by atoms with Gasteiger partial charge in [0, 0.05) is 19.1 Å². The van der Waals surface area contributed by atoms with Crippen LogP contribution in [0.2, 0.25) is 0 Å². The van der Waals surface area contributed by atoms with Gasteiger partial charge in [0.2, 0.25) is 5.91 Å². The van der Waals surface area contributed by atoms with Crippen LogP contribution in [-0.2, 0) is 11.3 Å². The minimum atomic E-state index is -0.180. The number of nitrogens with zero attached hydrogens (tertiary/aromatic N) is 1. The Morgan fingerprint density at radius 2 is 1.52 bits per heavy atom. The first-order valence-electron chi connectivity index (χ1n) is 11.6. The molecule has 2 atom stereocenters. The number of piperidine rings is 1. The molecule has 2 aliphatic rings. The highest BCUT2D eigenvalue weighted by Crippen LogP contribution is 2.34. The first-order chi connectivity index (χ1) is 15.2. The van der Waals surface area contributed by atoms with Gasteiger partial charge in [-0.3, -0.25) is 4.79 Å². The Labute approximate surface area is 185 Å².